The Balaban J connectivity index is 0.000000173. The van der Waals surface area contributed by atoms with Crippen molar-refractivity contribution in [3.05, 3.63) is 104 Å². The van der Waals surface area contributed by atoms with E-state index >= 15 is 0 Å². The molecule has 76 heavy (non-hydrogen) atoms. The second kappa shape index (κ2) is 22.3. The number of carbonyl (C=O) groups excluding carboxylic acids is 4. The minimum atomic E-state index is -3.89. The third-order valence-corrected chi connectivity index (χ3v) is 19.6. The fourth-order valence-corrected chi connectivity index (χ4v) is 14.4. The monoisotopic (exact) mass is 1220 g/mol. The van der Waals surface area contributed by atoms with Gasteiger partial charge in [0.1, 0.15) is 15.8 Å². The molecule has 29 heteroatoms. The van der Waals surface area contributed by atoms with Gasteiger partial charge in [0.2, 0.25) is 37.8 Å². The quantitative estimate of drug-likeness (QED) is 0.0978. The molecule has 4 heterocycles. The summed E-state index contributed by atoms with van der Waals surface area (Å²) in [5.74, 6) is -2.46. The topological polar surface area (TPSA) is 337 Å². The van der Waals surface area contributed by atoms with Crippen LogP contribution in [-0.4, -0.2) is 123 Å². The zero-order chi connectivity index (χ0) is 55.9. The minimum absolute atomic E-state index is 0.0566. The summed E-state index contributed by atoms with van der Waals surface area (Å²) in [5.41, 5.74) is 7.15. The Hall–Kier alpha value is -5.08. The zero-order valence-electron chi connectivity index (χ0n) is 41.7. The molecular formula is C47H53BBrN7O14S6. The Labute approximate surface area is 456 Å². The third kappa shape index (κ3) is 14.5. The van der Waals surface area contributed by atoms with Crippen LogP contribution in [-0.2, 0) is 87.5 Å². The molecular weight excluding hydrogens is 1170 g/mol. The number of Topliss-reactive ketones (excluding diaryl/α,β-unsaturated/α-hetero) is 1. The number of anilines is 1. The summed E-state index contributed by atoms with van der Waals surface area (Å²) in [7, 11) is -15.6. The van der Waals surface area contributed by atoms with E-state index < -0.39 is 73.5 Å². The molecule has 0 radical (unpaired) electrons. The van der Waals surface area contributed by atoms with Gasteiger partial charge in [-0.05, 0) is 103 Å². The normalized spacial score (nSPS) is 16.7. The number of nitrogens with two attached hydrogens (primary N) is 2. The number of nitrogens with one attached hydrogen (secondary N) is 3. The van der Waals surface area contributed by atoms with Crippen molar-refractivity contribution in [3.8, 4) is 11.1 Å². The van der Waals surface area contributed by atoms with Gasteiger partial charge < -0.3 is 25.3 Å². The summed E-state index contributed by atoms with van der Waals surface area (Å²) in [6, 6.07) is 22.4. The van der Waals surface area contributed by atoms with Gasteiger partial charge in [0.15, 0.2) is 30.2 Å². The van der Waals surface area contributed by atoms with Gasteiger partial charge in [-0.1, -0.05) is 46.3 Å². The number of carbonyl (C=O) groups is 4. The average molecular weight is 1220 g/mol. The number of hydrogen-bond donors (Lipinski definition) is 5. The maximum Gasteiger partial charge on any atom is 0.494 e. The summed E-state index contributed by atoms with van der Waals surface area (Å²) < 4.78 is 107. The first-order valence-electron chi connectivity index (χ1n) is 23.0. The lowest BCUT2D eigenvalue weighted by atomic mass is 9.78. The Morgan fingerprint density at radius 2 is 1.16 bits per heavy atom. The molecule has 1 aliphatic carbocycles. The van der Waals surface area contributed by atoms with Crippen LogP contribution < -0.4 is 31.7 Å². The lowest BCUT2D eigenvalue weighted by Crippen LogP contribution is -2.41. The maximum absolute atomic E-state index is 12.6. The summed E-state index contributed by atoms with van der Waals surface area (Å²) in [4.78, 5) is 56.5. The number of thiazole rings is 2. The van der Waals surface area contributed by atoms with Crippen molar-refractivity contribution in [3.63, 3.8) is 0 Å². The molecule has 6 aromatic rings. The van der Waals surface area contributed by atoms with Gasteiger partial charge in [0.25, 0.3) is 0 Å². The van der Waals surface area contributed by atoms with Crippen molar-refractivity contribution in [1.29, 1.82) is 0 Å². The van der Waals surface area contributed by atoms with Gasteiger partial charge in [0, 0.05) is 48.6 Å². The van der Waals surface area contributed by atoms with Crippen LogP contribution in [0.25, 0.3) is 31.6 Å². The summed E-state index contributed by atoms with van der Waals surface area (Å²) in [6.45, 7) is 7.59. The molecule has 4 aromatic carbocycles. The molecule has 0 bridgehead atoms. The zero-order valence-corrected chi connectivity index (χ0v) is 48.2. The Kier molecular flexibility index (Phi) is 17.2. The van der Waals surface area contributed by atoms with Crippen LogP contribution in [0.2, 0.25) is 0 Å². The summed E-state index contributed by atoms with van der Waals surface area (Å²) >= 11 is 5.48. The van der Waals surface area contributed by atoms with Crippen LogP contribution in [0.3, 0.4) is 0 Å². The molecule has 3 aliphatic rings. The summed E-state index contributed by atoms with van der Waals surface area (Å²) in [6.07, 6.45) is 3.28. The van der Waals surface area contributed by atoms with Crippen LogP contribution in [0, 0.1) is 0 Å². The molecule has 2 aliphatic heterocycles. The molecule has 7 N–H and O–H groups in total. The molecule has 0 saturated carbocycles. The van der Waals surface area contributed by atoms with E-state index in [0.717, 1.165) is 83.3 Å². The van der Waals surface area contributed by atoms with Crippen LogP contribution in [0.1, 0.15) is 64.9 Å². The number of amides is 3. The lowest BCUT2D eigenvalue weighted by molar-refractivity contribution is -0.121. The number of sulfonamides is 2. The highest BCUT2D eigenvalue weighted by Crippen LogP contribution is 2.38. The third-order valence-electron chi connectivity index (χ3n) is 12.5. The molecule has 1 fully saturated rings. The van der Waals surface area contributed by atoms with Gasteiger partial charge in [-0.2, -0.15) is 0 Å². The predicted octanol–water partition coefficient (Wildman–Crippen LogP) is 3.15. The first-order valence-corrected chi connectivity index (χ1v) is 32.8. The predicted molar refractivity (Wildman–Crippen MR) is 296 cm³/mol. The van der Waals surface area contributed by atoms with Gasteiger partial charge in [-0.15, -0.1) is 22.7 Å². The van der Waals surface area contributed by atoms with Gasteiger partial charge in [-0.25, -0.2) is 53.9 Å². The number of primary sulfonamides is 2. The molecule has 2 unspecified atom stereocenters. The standard InChI is InChI=1S/C20H20N4O6S3.C15H19BO3.C12H14BrN3O5S3/c1-32(27,28)18(19(26)22-6-7-33(21,29)30)20-24-15-5-3-12(9-16(15)31-20)11-2-4-14-13(8-11)10-17(25)23-14;1-14(2)15(3,4)19-16(18-14)12-6-5-10-8-13(17)9-11(10)7-12;1-23(18,19)10(11(17)15-4-5-24(14,20)21)12-16-8-3-2-7(13)6-9(8)22-12/h2-5,8-9,18H,6-7,10H2,1H3,(H,22,26)(H,23,25)(H2,21,29,30);5-7H,8-9H2,1-4H3;2-3,6,10H,4-5H2,1H3,(H,15,17)(H2,14,20,21). The molecule has 3 amide bonds. The largest absolute Gasteiger partial charge is 0.494 e. The van der Waals surface area contributed by atoms with E-state index in [4.69, 9.17) is 19.6 Å². The molecule has 9 rings (SSSR count). The molecule has 406 valence electrons. The SMILES string of the molecule is CC1(C)OB(c2ccc3c(c2)CC(=O)C3)OC1(C)C.CS(=O)(=O)C(C(=O)NCCS(N)(=O)=O)c1nc2ccc(-c3ccc4c(c3)CC(=O)N4)cc2s1.CS(=O)(=O)C(C(=O)NCCS(N)(=O)=O)c1nc2ccc(Br)cc2s1. The van der Waals surface area contributed by atoms with E-state index in [9.17, 15) is 52.8 Å². The number of aromatic nitrogens is 2. The highest BCUT2D eigenvalue weighted by molar-refractivity contribution is 9.10. The van der Waals surface area contributed by atoms with Gasteiger partial charge in [0.05, 0.1) is 49.6 Å². The van der Waals surface area contributed by atoms with Crippen molar-refractivity contribution in [2.24, 2.45) is 10.3 Å². The highest BCUT2D eigenvalue weighted by Gasteiger charge is 2.52. The Morgan fingerprint density at radius 1 is 0.671 bits per heavy atom. The summed E-state index contributed by atoms with van der Waals surface area (Å²) in [5, 5.41) is 14.3. The molecule has 1 saturated heterocycles. The number of hydrogen-bond acceptors (Lipinski definition) is 18. The minimum Gasteiger partial charge on any atom is -0.399 e. The highest BCUT2D eigenvalue weighted by atomic mass is 79.9. The van der Waals surface area contributed by atoms with E-state index in [1.54, 1.807) is 24.3 Å². The van der Waals surface area contributed by atoms with E-state index in [0.29, 0.717) is 40.8 Å². The van der Waals surface area contributed by atoms with E-state index in [1.165, 1.54) is 0 Å². The average Bonchev–Trinajstić information content (AvgIpc) is 4.09. The molecule has 21 nitrogen and oxygen atoms in total. The number of halogens is 1. The molecule has 2 atom stereocenters. The number of fused-ring (bicyclic) bond motifs is 4. The van der Waals surface area contributed by atoms with Crippen molar-refractivity contribution in [2.45, 2.75) is 68.7 Å². The number of sulfone groups is 2. The fourth-order valence-electron chi connectivity index (χ4n) is 8.07. The van der Waals surface area contributed by atoms with E-state index in [2.05, 4.69) is 47.9 Å². The van der Waals surface area contributed by atoms with E-state index in [1.807, 2.05) is 70.2 Å². The second-order valence-electron chi connectivity index (χ2n) is 19.2. The number of ketones is 1. The van der Waals surface area contributed by atoms with Crippen LogP contribution in [0.5, 0.6) is 0 Å². The second-order valence-corrected chi connectivity index (χ2v) is 30.0. The smallest absolute Gasteiger partial charge is 0.399 e. The van der Waals surface area contributed by atoms with Gasteiger partial charge >= 0.3 is 7.12 Å². The molecule has 0 spiro atoms. The van der Waals surface area contributed by atoms with Crippen LogP contribution in [0.15, 0.2) is 77.3 Å². The number of benzene rings is 4. The Morgan fingerprint density at radius 3 is 1.68 bits per heavy atom. The van der Waals surface area contributed by atoms with Crippen LogP contribution >= 0.6 is 38.6 Å². The van der Waals surface area contributed by atoms with Crippen LogP contribution in [0.4, 0.5) is 5.69 Å². The fraction of sp³-hybridized carbons (Fsp3) is 0.362. The molecule has 2 aromatic heterocycles. The first kappa shape index (κ1) is 58.6. The van der Waals surface area contributed by atoms with Crippen molar-refractivity contribution >= 4 is 141 Å². The Bertz CT molecular complexity index is 3760. The van der Waals surface area contributed by atoms with E-state index in [-0.39, 0.29) is 47.3 Å². The van der Waals surface area contributed by atoms with Gasteiger partial charge in [-0.3, -0.25) is 19.2 Å². The number of nitrogens with zero attached hydrogens (tertiary/aromatic N) is 2. The maximum atomic E-state index is 12.6. The van der Waals surface area contributed by atoms with Crippen molar-refractivity contribution in [2.75, 3.05) is 42.4 Å². The van der Waals surface area contributed by atoms with Crippen molar-refractivity contribution in [1.82, 2.24) is 20.6 Å². The first-order chi connectivity index (χ1) is 35.2. The number of rotatable bonds is 14. The van der Waals surface area contributed by atoms with Crippen molar-refractivity contribution < 1.29 is 62.2 Å². The lowest BCUT2D eigenvalue weighted by Gasteiger charge is -2.32.